The van der Waals surface area contributed by atoms with E-state index in [1.54, 1.807) is 0 Å². The second kappa shape index (κ2) is 8.80. The molecule has 1 heterocycles. The zero-order valence-electron chi connectivity index (χ0n) is 12.0. The normalized spacial score (nSPS) is 24.3. The molecule has 2 rings (SSSR count). The zero-order chi connectivity index (χ0) is 12.8. The summed E-state index contributed by atoms with van der Waals surface area (Å²) in [6.45, 7) is 2.69. The number of likely N-dealkylation sites (tertiary alicyclic amines) is 1. The fourth-order valence-corrected chi connectivity index (χ4v) is 3.55. The van der Waals surface area contributed by atoms with Gasteiger partial charge in [0.15, 0.2) is 0 Å². The van der Waals surface area contributed by atoms with Gasteiger partial charge in [0.1, 0.15) is 0 Å². The highest BCUT2D eigenvalue weighted by Gasteiger charge is 2.24. The number of carbonyl (C=O) groups is 1. The van der Waals surface area contributed by atoms with Gasteiger partial charge in [-0.2, -0.15) is 0 Å². The first-order chi connectivity index (χ1) is 8.79. The fraction of sp³-hybridized carbons (Fsp3) is 0.933. The topological polar surface area (TPSA) is 46.3 Å². The van der Waals surface area contributed by atoms with Gasteiger partial charge >= 0.3 is 0 Å². The number of carbonyl (C=O) groups excluding carboxylic acids is 1. The summed E-state index contributed by atoms with van der Waals surface area (Å²) in [4.78, 5) is 14.3. The molecule has 1 unspecified atom stereocenters. The number of rotatable bonds is 5. The summed E-state index contributed by atoms with van der Waals surface area (Å²) in [7, 11) is 0. The molecule has 1 saturated carbocycles. The molecule has 2 fully saturated rings. The van der Waals surface area contributed by atoms with E-state index in [9.17, 15) is 4.79 Å². The van der Waals surface area contributed by atoms with Gasteiger partial charge in [0.05, 0.1) is 0 Å². The lowest BCUT2D eigenvalue weighted by Gasteiger charge is -2.33. The van der Waals surface area contributed by atoms with Crippen LogP contribution in [-0.2, 0) is 4.79 Å². The highest BCUT2D eigenvalue weighted by atomic mass is 35.5. The molecule has 112 valence electrons. The first-order valence-corrected chi connectivity index (χ1v) is 7.77. The molecule has 1 aliphatic carbocycles. The van der Waals surface area contributed by atoms with Gasteiger partial charge in [-0.25, -0.2) is 0 Å². The third kappa shape index (κ3) is 5.31. The predicted octanol–water partition coefficient (Wildman–Crippen LogP) is 2.97. The largest absolute Gasteiger partial charge is 0.342 e. The van der Waals surface area contributed by atoms with Crippen molar-refractivity contribution in [1.82, 2.24) is 4.90 Å². The number of hydrogen-bond acceptors (Lipinski definition) is 2. The van der Waals surface area contributed by atoms with E-state index in [1.807, 2.05) is 0 Å². The molecule has 2 aliphatic rings. The summed E-state index contributed by atoms with van der Waals surface area (Å²) in [5.74, 6) is 1.88. The Morgan fingerprint density at radius 3 is 2.42 bits per heavy atom. The predicted molar refractivity (Wildman–Crippen MR) is 81.4 cm³/mol. The standard InChI is InChI=1S/C15H28N2O.ClH/c16-10-9-14-6-3-11-17(12-14)15(18)8-7-13-4-1-2-5-13;/h13-14H,1-12,16H2;1H. The molecule has 19 heavy (non-hydrogen) atoms. The van der Waals surface area contributed by atoms with Gasteiger partial charge < -0.3 is 10.6 Å². The second-order valence-corrected chi connectivity index (χ2v) is 6.11. The number of amides is 1. The third-order valence-corrected chi connectivity index (χ3v) is 4.69. The number of halogens is 1. The average molecular weight is 289 g/mol. The molecule has 0 aromatic carbocycles. The van der Waals surface area contributed by atoms with Crippen LogP contribution in [0.1, 0.15) is 57.8 Å². The highest BCUT2D eigenvalue weighted by molar-refractivity contribution is 5.85. The summed E-state index contributed by atoms with van der Waals surface area (Å²) in [5, 5.41) is 0. The van der Waals surface area contributed by atoms with Crippen LogP contribution >= 0.6 is 12.4 Å². The van der Waals surface area contributed by atoms with Gasteiger partial charge in [0, 0.05) is 19.5 Å². The van der Waals surface area contributed by atoms with Crippen LogP contribution in [-0.4, -0.2) is 30.4 Å². The second-order valence-electron chi connectivity index (χ2n) is 6.11. The van der Waals surface area contributed by atoms with E-state index >= 15 is 0 Å². The van der Waals surface area contributed by atoms with Crippen LogP contribution < -0.4 is 5.73 Å². The van der Waals surface area contributed by atoms with Gasteiger partial charge in [-0.05, 0) is 44.1 Å². The lowest BCUT2D eigenvalue weighted by Crippen LogP contribution is -2.40. The molecular weight excluding hydrogens is 260 g/mol. The molecule has 0 bridgehead atoms. The third-order valence-electron chi connectivity index (χ3n) is 4.69. The van der Waals surface area contributed by atoms with Crippen molar-refractivity contribution in [3.05, 3.63) is 0 Å². The van der Waals surface area contributed by atoms with Crippen molar-refractivity contribution in [1.29, 1.82) is 0 Å². The molecule has 2 N–H and O–H groups in total. The molecule has 1 aliphatic heterocycles. The van der Waals surface area contributed by atoms with Crippen LogP contribution in [0.3, 0.4) is 0 Å². The Morgan fingerprint density at radius 2 is 1.74 bits per heavy atom. The first-order valence-electron chi connectivity index (χ1n) is 7.77. The molecule has 0 spiro atoms. The minimum absolute atomic E-state index is 0. The van der Waals surface area contributed by atoms with Crippen molar-refractivity contribution in [2.45, 2.75) is 57.8 Å². The number of nitrogens with zero attached hydrogens (tertiary/aromatic N) is 1. The van der Waals surface area contributed by atoms with Crippen molar-refractivity contribution in [2.24, 2.45) is 17.6 Å². The van der Waals surface area contributed by atoms with E-state index in [4.69, 9.17) is 5.73 Å². The number of piperidine rings is 1. The maximum atomic E-state index is 12.2. The first kappa shape index (κ1) is 16.8. The van der Waals surface area contributed by atoms with Crippen LogP contribution in [0.4, 0.5) is 0 Å². The van der Waals surface area contributed by atoms with Crippen molar-refractivity contribution >= 4 is 18.3 Å². The zero-order valence-corrected chi connectivity index (χ0v) is 12.8. The minimum atomic E-state index is 0. The summed E-state index contributed by atoms with van der Waals surface area (Å²) in [5.41, 5.74) is 5.62. The molecule has 3 nitrogen and oxygen atoms in total. The maximum absolute atomic E-state index is 12.2. The van der Waals surface area contributed by atoms with E-state index < -0.39 is 0 Å². The van der Waals surface area contributed by atoms with Crippen molar-refractivity contribution in [3.63, 3.8) is 0 Å². The summed E-state index contributed by atoms with van der Waals surface area (Å²) >= 11 is 0. The minimum Gasteiger partial charge on any atom is -0.342 e. The molecule has 0 radical (unpaired) electrons. The van der Waals surface area contributed by atoms with E-state index in [0.29, 0.717) is 11.8 Å². The fourth-order valence-electron chi connectivity index (χ4n) is 3.55. The van der Waals surface area contributed by atoms with Crippen molar-refractivity contribution in [2.75, 3.05) is 19.6 Å². The Labute approximate surface area is 123 Å². The molecular formula is C15H29ClN2O. The van der Waals surface area contributed by atoms with E-state index in [2.05, 4.69) is 4.90 Å². The van der Waals surface area contributed by atoms with E-state index in [-0.39, 0.29) is 12.4 Å². The summed E-state index contributed by atoms with van der Waals surface area (Å²) < 4.78 is 0. The smallest absolute Gasteiger partial charge is 0.222 e. The quantitative estimate of drug-likeness (QED) is 0.845. The Kier molecular flexibility index (Phi) is 7.77. The van der Waals surface area contributed by atoms with E-state index in [0.717, 1.165) is 44.8 Å². The maximum Gasteiger partial charge on any atom is 0.222 e. The van der Waals surface area contributed by atoms with Crippen LogP contribution in [0.15, 0.2) is 0 Å². The number of nitrogens with two attached hydrogens (primary N) is 1. The van der Waals surface area contributed by atoms with Gasteiger partial charge in [0.2, 0.25) is 5.91 Å². The lowest BCUT2D eigenvalue weighted by atomic mass is 9.94. The van der Waals surface area contributed by atoms with Gasteiger partial charge in [0.25, 0.3) is 0 Å². The van der Waals surface area contributed by atoms with Gasteiger partial charge in [-0.15, -0.1) is 12.4 Å². The molecule has 4 heteroatoms. The Balaban J connectivity index is 0.00000180. The van der Waals surface area contributed by atoms with E-state index in [1.165, 1.54) is 38.5 Å². The molecule has 1 amide bonds. The van der Waals surface area contributed by atoms with Gasteiger partial charge in [-0.3, -0.25) is 4.79 Å². The summed E-state index contributed by atoms with van der Waals surface area (Å²) in [6.07, 6.45) is 10.8. The van der Waals surface area contributed by atoms with Crippen LogP contribution in [0.2, 0.25) is 0 Å². The molecule has 0 aromatic heterocycles. The Bertz CT molecular complexity index is 265. The molecule has 0 aromatic rings. The average Bonchev–Trinajstić information content (AvgIpc) is 2.90. The lowest BCUT2D eigenvalue weighted by molar-refractivity contribution is -0.133. The SMILES string of the molecule is Cl.NCCC1CCCN(C(=O)CCC2CCCC2)C1. The monoisotopic (exact) mass is 288 g/mol. The van der Waals surface area contributed by atoms with Crippen molar-refractivity contribution < 1.29 is 4.79 Å². The van der Waals surface area contributed by atoms with Crippen LogP contribution in [0.5, 0.6) is 0 Å². The molecule has 1 saturated heterocycles. The van der Waals surface area contributed by atoms with Crippen LogP contribution in [0, 0.1) is 11.8 Å². The number of hydrogen-bond donors (Lipinski definition) is 1. The van der Waals surface area contributed by atoms with Crippen LogP contribution in [0.25, 0.3) is 0 Å². The highest BCUT2D eigenvalue weighted by Crippen LogP contribution is 2.29. The Morgan fingerprint density at radius 1 is 1.05 bits per heavy atom. The Hall–Kier alpha value is -0.280. The van der Waals surface area contributed by atoms with Gasteiger partial charge in [-0.1, -0.05) is 25.7 Å². The van der Waals surface area contributed by atoms with Crippen molar-refractivity contribution in [3.8, 4) is 0 Å². The molecule has 1 atom stereocenters. The summed E-state index contributed by atoms with van der Waals surface area (Å²) in [6, 6.07) is 0.